The van der Waals surface area contributed by atoms with Gasteiger partial charge in [0.15, 0.2) is 0 Å². The second-order valence-corrected chi connectivity index (χ2v) is 7.88. The van der Waals surface area contributed by atoms with E-state index in [1.165, 1.54) is 6.07 Å². The molecular weight excluding hydrogens is 400 g/mol. The Balaban J connectivity index is 1.66. The fraction of sp³-hybridized carbons (Fsp3) is 0.150. The van der Waals surface area contributed by atoms with Crippen LogP contribution in [0.2, 0.25) is 0 Å². The number of hydrogen-bond acceptors (Lipinski definition) is 5. The van der Waals surface area contributed by atoms with Crippen molar-refractivity contribution in [2.45, 2.75) is 11.8 Å². The van der Waals surface area contributed by atoms with Gasteiger partial charge in [-0.1, -0.05) is 0 Å². The van der Waals surface area contributed by atoms with E-state index in [2.05, 4.69) is 15.0 Å². The van der Waals surface area contributed by atoms with Gasteiger partial charge >= 0.3 is 0 Å². The van der Waals surface area contributed by atoms with E-state index in [1.807, 2.05) is 12.1 Å². The molecule has 3 rings (SSSR count). The summed E-state index contributed by atoms with van der Waals surface area (Å²) in [5.41, 5.74) is 1.87. The van der Waals surface area contributed by atoms with Gasteiger partial charge in [0, 0.05) is 36.8 Å². The van der Waals surface area contributed by atoms with Crippen LogP contribution in [-0.4, -0.2) is 26.6 Å². The van der Waals surface area contributed by atoms with Crippen molar-refractivity contribution in [3.8, 4) is 5.75 Å². The lowest BCUT2D eigenvalue weighted by Gasteiger charge is -2.13. The van der Waals surface area contributed by atoms with Crippen molar-refractivity contribution in [2.24, 2.45) is 0 Å². The summed E-state index contributed by atoms with van der Waals surface area (Å²) in [5.74, 6) is -1.56. The van der Waals surface area contributed by atoms with Gasteiger partial charge in [-0.2, -0.15) is 0 Å². The summed E-state index contributed by atoms with van der Waals surface area (Å²) in [6.45, 7) is 2.64. The number of anilines is 2. The first-order valence-electron chi connectivity index (χ1n) is 8.70. The monoisotopic (exact) mass is 419 g/mol. The highest BCUT2D eigenvalue weighted by molar-refractivity contribution is 7.92. The van der Waals surface area contributed by atoms with Crippen molar-refractivity contribution >= 4 is 21.4 Å². The van der Waals surface area contributed by atoms with Crippen molar-refractivity contribution in [3.05, 3.63) is 78.1 Å². The molecule has 152 valence electrons. The molecule has 0 saturated heterocycles. The highest BCUT2D eigenvalue weighted by Crippen LogP contribution is 2.24. The molecule has 6 nitrogen and oxygen atoms in total. The molecule has 0 atom stereocenters. The fourth-order valence-corrected chi connectivity index (χ4v) is 3.73. The zero-order chi connectivity index (χ0) is 20.9. The van der Waals surface area contributed by atoms with Crippen molar-refractivity contribution in [1.82, 2.24) is 4.98 Å². The molecule has 0 amide bonds. The van der Waals surface area contributed by atoms with Gasteiger partial charge in [0.1, 0.15) is 28.9 Å². The van der Waals surface area contributed by atoms with Gasteiger partial charge in [-0.3, -0.25) is 9.71 Å². The normalized spacial score (nSPS) is 11.1. The molecule has 2 N–H and O–H groups in total. The van der Waals surface area contributed by atoms with Gasteiger partial charge < -0.3 is 10.1 Å². The first-order valence-corrected chi connectivity index (χ1v) is 10.2. The Labute approximate surface area is 167 Å². The third kappa shape index (κ3) is 5.64. The van der Waals surface area contributed by atoms with Gasteiger partial charge in [0.05, 0.1) is 5.69 Å². The number of pyridine rings is 1. The predicted octanol–water partition coefficient (Wildman–Crippen LogP) is 3.96. The van der Waals surface area contributed by atoms with Crippen LogP contribution in [0.1, 0.15) is 5.56 Å². The summed E-state index contributed by atoms with van der Waals surface area (Å²) >= 11 is 0. The lowest BCUT2D eigenvalue weighted by atomic mass is 10.2. The molecule has 0 bridgehead atoms. The number of halogens is 2. The quantitative estimate of drug-likeness (QED) is 0.540. The molecule has 1 heterocycles. The summed E-state index contributed by atoms with van der Waals surface area (Å²) in [4.78, 5) is 3.30. The topological polar surface area (TPSA) is 80.3 Å². The molecule has 29 heavy (non-hydrogen) atoms. The zero-order valence-electron chi connectivity index (χ0n) is 15.5. The Morgan fingerprint density at radius 2 is 1.76 bits per heavy atom. The summed E-state index contributed by atoms with van der Waals surface area (Å²) in [5, 5.41) is 3.17. The molecular formula is C20H19F2N3O3S. The maximum atomic E-state index is 13.9. The highest BCUT2D eigenvalue weighted by Gasteiger charge is 2.20. The maximum Gasteiger partial charge on any atom is 0.264 e. The van der Waals surface area contributed by atoms with Crippen molar-refractivity contribution in [3.63, 3.8) is 0 Å². The van der Waals surface area contributed by atoms with Gasteiger partial charge in [0.25, 0.3) is 10.0 Å². The largest absolute Gasteiger partial charge is 0.492 e. The number of nitrogens with one attached hydrogen (secondary N) is 2. The van der Waals surface area contributed by atoms with Crippen LogP contribution in [-0.2, 0) is 10.0 Å². The van der Waals surface area contributed by atoms with Gasteiger partial charge in [-0.15, -0.1) is 0 Å². The van der Waals surface area contributed by atoms with Gasteiger partial charge in [-0.05, 0) is 48.9 Å². The fourth-order valence-electron chi connectivity index (χ4n) is 2.63. The first kappa shape index (κ1) is 20.5. The summed E-state index contributed by atoms with van der Waals surface area (Å²) in [6, 6.07) is 10.8. The van der Waals surface area contributed by atoms with Gasteiger partial charge in [-0.25, -0.2) is 17.2 Å². The molecule has 0 fully saturated rings. The summed E-state index contributed by atoms with van der Waals surface area (Å²) in [7, 11) is -4.22. The number of aromatic nitrogens is 1. The van der Waals surface area contributed by atoms with Crippen molar-refractivity contribution in [1.29, 1.82) is 0 Å². The molecule has 0 radical (unpaired) electrons. The minimum atomic E-state index is -4.22. The molecule has 0 aliphatic rings. The molecule has 0 aliphatic heterocycles. The van der Waals surface area contributed by atoms with E-state index in [0.29, 0.717) is 25.0 Å². The zero-order valence-corrected chi connectivity index (χ0v) is 16.3. The number of aryl methyl sites for hydroxylation is 1. The van der Waals surface area contributed by atoms with Crippen LogP contribution >= 0.6 is 0 Å². The van der Waals surface area contributed by atoms with E-state index in [1.54, 1.807) is 31.5 Å². The first-order chi connectivity index (χ1) is 13.8. The Morgan fingerprint density at radius 1 is 1.00 bits per heavy atom. The summed E-state index contributed by atoms with van der Waals surface area (Å²) in [6.07, 6.45) is 3.35. The molecule has 3 aromatic rings. The third-order valence-corrected chi connectivity index (χ3v) is 5.28. The number of rotatable bonds is 8. The Bertz CT molecular complexity index is 1090. The average Bonchev–Trinajstić information content (AvgIpc) is 2.65. The number of benzene rings is 2. The van der Waals surface area contributed by atoms with Crippen LogP contribution in [0.15, 0.2) is 65.8 Å². The summed E-state index contributed by atoms with van der Waals surface area (Å²) < 4.78 is 59.8. The number of hydrogen-bond donors (Lipinski definition) is 2. The molecule has 2 aromatic carbocycles. The van der Waals surface area contributed by atoms with Crippen LogP contribution < -0.4 is 14.8 Å². The SMILES string of the molecule is Cc1cc(NS(=O)(=O)c2ccc(F)cc2F)cc(OCCNc2ccncc2)c1. The minimum absolute atomic E-state index is 0.214. The predicted molar refractivity (Wildman–Crippen MR) is 107 cm³/mol. The van der Waals surface area contributed by atoms with E-state index in [4.69, 9.17) is 4.74 Å². The number of ether oxygens (including phenoxy) is 1. The van der Waals surface area contributed by atoms with Crippen LogP contribution in [0.25, 0.3) is 0 Å². The molecule has 0 aliphatic carbocycles. The second kappa shape index (κ2) is 8.87. The molecule has 0 saturated carbocycles. The van der Waals surface area contributed by atoms with E-state index < -0.39 is 26.6 Å². The Morgan fingerprint density at radius 3 is 2.48 bits per heavy atom. The molecule has 9 heteroatoms. The lowest BCUT2D eigenvalue weighted by molar-refractivity contribution is 0.333. The number of nitrogens with zero attached hydrogens (tertiary/aromatic N) is 1. The molecule has 1 aromatic heterocycles. The van der Waals surface area contributed by atoms with Crippen LogP contribution in [0, 0.1) is 18.6 Å². The van der Waals surface area contributed by atoms with Crippen LogP contribution in [0.3, 0.4) is 0 Å². The van der Waals surface area contributed by atoms with E-state index >= 15 is 0 Å². The van der Waals surface area contributed by atoms with E-state index in [9.17, 15) is 17.2 Å². The van der Waals surface area contributed by atoms with Crippen LogP contribution in [0.4, 0.5) is 20.2 Å². The molecule has 0 unspecified atom stereocenters. The second-order valence-electron chi connectivity index (χ2n) is 6.23. The van der Waals surface area contributed by atoms with E-state index in [-0.39, 0.29) is 5.69 Å². The van der Waals surface area contributed by atoms with Gasteiger partial charge in [0.2, 0.25) is 0 Å². The highest BCUT2D eigenvalue weighted by atomic mass is 32.2. The smallest absolute Gasteiger partial charge is 0.264 e. The van der Waals surface area contributed by atoms with Crippen LogP contribution in [0.5, 0.6) is 5.75 Å². The lowest BCUT2D eigenvalue weighted by Crippen LogP contribution is -2.15. The van der Waals surface area contributed by atoms with E-state index in [0.717, 1.165) is 23.4 Å². The Kier molecular flexibility index (Phi) is 6.28. The minimum Gasteiger partial charge on any atom is -0.492 e. The maximum absolute atomic E-state index is 13.9. The average molecular weight is 419 g/mol. The van der Waals surface area contributed by atoms with Crippen molar-refractivity contribution < 1.29 is 21.9 Å². The third-order valence-electron chi connectivity index (χ3n) is 3.87. The molecule has 0 spiro atoms. The number of sulfonamides is 1. The standard InChI is InChI=1S/C20H19F2N3O3S/c1-14-10-17(25-29(26,27)20-3-2-15(21)12-19(20)22)13-18(11-14)28-9-8-24-16-4-6-23-7-5-16/h2-7,10-13,25H,8-9H2,1H3,(H,23,24). The van der Waals surface area contributed by atoms with Crippen molar-refractivity contribution in [2.75, 3.05) is 23.2 Å². The Hall–Kier alpha value is -3.20.